The predicted octanol–water partition coefficient (Wildman–Crippen LogP) is 4.23. The van der Waals surface area contributed by atoms with Crippen LogP contribution in [0.3, 0.4) is 0 Å². The second-order valence-electron chi connectivity index (χ2n) is 5.38. The first kappa shape index (κ1) is 12.8. The number of carbonyl (C=O) groups is 1. The normalized spacial score (nSPS) is 12.8. The second kappa shape index (κ2) is 4.84. The molecule has 1 unspecified atom stereocenters. The van der Waals surface area contributed by atoms with Gasteiger partial charge < -0.3 is 4.42 Å². The first-order valence-electron chi connectivity index (χ1n) is 7.17. The van der Waals surface area contributed by atoms with Gasteiger partial charge in [-0.2, -0.15) is 0 Å². The van der Waals surface area contributed by atoms with E-state index in [1.54, 1.807) is 12.4 Å². The van der Waals surface area contributed by atoms with Crippen LogP contribution < -0.4 is 0 Å². The number of para-hydroxylation sites is 1. The van der Waals surface area contributed by atoms with Crippen molar-refractivity contribution in [3.05, 3.63) is 66.7 Å². The van der Waals surface area contributed by atoms with Crippen molar-refractivity contribution in [3.8, 4) is 0 Å². The lowest BCUT2D eigenvalue weighted by atomic mass is 9.98. The minimum atomic E-state index is -0.243. The molecule has 0 aliphatic carbocycles. The Labute approximate surface area is 127 Å². The zero-order valence-corrected chi connectivity index (χ0v) is 12.1. The fraction of sp³-hybridized carbons (Fsp3) is 0.111. The molecule has 4 heteroatoms. The summed E-state index contributed by atoms with van der Waals surface area (Å²) in [6.07, 6.45) is 4.81. The Balaban J connectivity index is 1.82. The Bertz CT molecular complexity index is 967. The van der Waals surface area contributed by atoms with Crippen molar-refractivity contribution in [2.75, 3.05) is 0 Å². The smallest absolute Gasteiger partial charge is 0.239 e. The van der Waals surface area contributed by atoms with E-state index in [2.05, 4.69) is 4.98 Å². The van der Waals surface area contributed by atoms with Gasteiger partial charge in [-0.3, -0.25) is 9.36 Å². The molecule has 0 radical (unpaired) electrons. The van der Waals surface area contributed by atoms with Crippen LogP contribution in [0.2, 0.25) is 0 Å². The molecule has 0 saturated heterocycles. The largest absolute Gasteiger partial charge is 0.456 e. The van der Waals surface area contributed by atoms with E-state index in [0.717, 1.165) is 27.5 Å². The number of carbonyl (C=O) groups excluding carboxylic acids is 1. The number of benzene rings is 2. The van der Waals surface area contributed by atoms with E-state index in [1.165, 1.54) is 10.9 Å². The highest BCUT2D eigenvalue weighted by atomic mass is 16.3. The maximum absolute atomic E-state index is 12.4. The molecule has 4 rings (SSSR count). The van der Waals surface area contributed by atoms with Gasteiger partial charge in [0.1, 0.15) is 17.5 Å². The first-order valence-corrected chi connectivity index (χ1v) is 7.17. The summed E-state index contributed by atoms with van der Waals surface area (Å²) in [4.78, 5) is 16.4. The standard InChI is InChI=1S/C18H14N2O2/c1-12(18(21)20-9-8-19-11-20)13-6-7-17-15(10-13)14-4-2-3-5-16(14)22-17/h2-12H,1H3. The SMILES string of the molecule is CC(C(=O)n1ccnc1)c1ccc2oc3ccccc3c2c1. The Hall–Kier alpha value is -2.88. The Morgan fingerprint density at radius 1 is 1.14 bits per heavy atom. The molecule has 0 N–H and O–H groups in total. The van der Waals surface area contributed by atoms with E-state index in [0.29, 0.717) is 0 Å². The molecule has 0 aliphatic heterocycles. The molecule has 0 spiro atoms. The van der Waals surface area contributed by atoms with E-state index < -0.39 is 0 Å². The number of nitrogens with zero attached hydrogens (tertiary/aromatic N) is 2. The molecule has 4 aromatic rings. The summed E-state index contributed by atoms with van der Waals surface area (Å²) >= 11 is 0. The number of rotatable bonds is 2. The van der Waals surface area contributed by atoms with Crippen LogP contribution >= 0.6 is 0 Å². The first-order chi connectivity index (χ1) is 10.7. The van der Waals surface area contributed by atoms with Crippen LogP contribution in [-0.4, -0.2) is 15.5 Å². The molecule has 0 saturated carbocycles. The van der Waals surface area contributed by atoms with E-state index in [1.807, 2.05) is 49.4 Å². The summed E-state index contributed by atoms with van der Waals surface area (Å²) in [7, 11) is 0. The fourth-order valence-electron chi connectivity index (χ4n) is 2.77. The Kier molecular flexibility index (Phi) is 2.82. The summed E-state index contributed by atoms with van der Waals surface area (Å²) in [6, 6.07) is 13.9. The molecule has 2 aromatic heterocycles. The van der Waals surface area contributed by atoms with Crippen molar-refractivity contribution in [1.82, 2.24) is 9.55 Å². The van der Waals surface area contributed by atoms with Gasteiger partial charge in [0.05, 0.1) is 5.92 Å². The number of hydrogen-bond acceptors (Lipinski definition) is 3. The number of furan rings is 1. The molecular weight excluding hydrogens is 276 g/mol. The van der Waals surface area contributed by atoms with Crippen molar-refractivity contribution in [1.29, 1.82) is 0 Å². The van der Waals surface area contributed by atoms with Crippen molar-refractivity contribution < 1.29 is 9.21 Å². The molecule has 108 valence electrons. The molecule has 0 aliphatic rings. The molecule has 0 amide bonds. The van der Waals surface area contributed by atoms with Gasteiger partial charge in [-0.05, 0) is 30.7 Å². The van der Waals surface area contributed by atoms with Gasteiger partial charge in [-0.25, -0.2) is 4.98 Å². The monoisotopic (exact) mass is 290 g/mol. The maximum atomic E-state index is 12.4. The van der Waals surface area contributed by atoms with E-state index >= 15 is 0 Å². The minimum Gasteiger partial charge on any atom is -0.456 e. The zero-order valence-electron chi connectivity index (χ0n) is 12.1. The summed E-state index contributed by atoms with van der Waals surface area (Å²) in [6.45, 7) is 1.91. The molecule has 2 heterocycles. The average molecular weight is 290 g/mol. The van der Waals surface area contributed by atoms with Gasteiger partial charge in [0.2, 0.25) is 5.91 Å². The van der Waals surface area contributed by atoms with Crippen LogP contribution in [0.4, 0.5) is 0 Å². The number of imidazole rings is 1. The van der Waals surface area contributed by atoms with Gasteiger partial charge in [-0.15, -0.1) is 0 Å². The van der Waals surface area contributed by atoms with E-state index in [9.17, 15) is 4.79 Å². The summed E-state index contributed by atoms with van der Waals surface area (Å²) in [5.41, 5.74) is 2.67. The highest BCUT2D eigenvalue weighted by Gasteiger charge is 2.18. The molecule has 2 aromatic carbocycles. The van der Waals surface area contributed by atoms with Gasteiger partial charge in [0.15, 0.2) is 0 Å². The molecule has 1 atom stereocenters. The lowest BCUT2D eigenvalue weighted by Gasteiger charge is -2.11. The van der Waals surface area contributed by atoms with E-state index in [4.69, 9.17) is 4.42 Å². The third-order valence-corrected chi connectivity index (χ3v) is 4.03. The predicted molar refractivity (Wildman–Crippen MR) is 85.0 cm³/mol. The Morgan fingerprint density at radius 3 is 2.77 bits per heavy atom. The van der Waals surface area contributed by atoms with Crippen molar-refractivity contribution >= 4 is 27.8 Å². The van der Waals surface area contributed by atoms with Crippen LogP contribution in [0.1, 0.15) is 23.2 Å². The van der Waals surface area contributed by atoms with E-state index in [-0.39, 0.29) is 11.8 Å². The number of fused-ring (bicyclic) bond motifs is 3. The number of aromatic nitrogens is 2. The maximum Gasteiger partial charge on any atom is 0.239 e. The third-order valence-electron chi connectivity index (χ3n) is 4.03. The lowest BCUT2D eigenvalue weighted by Crippen LogP contribution is -2.16. The van der Waals surface area contributed by atoms with Gasteiger partial charge >= 0.3 is 0 Å². The van der Waals surface area contributed by atoms with Crippen molar-refractivity contribution in [2.24, 2.45) is 0 Å². The molecule has 4 nitrogen and oxygen atoms in total. The highest BCUT2D eigenvalue weighted by Crippen LogP contribution is 2.31. The van der Waals surface area contributed by atoms with Crippen molar-refractivity contribution in [3.63, 3.8) is 0 Å². The number of hydrogen-bond donors (Lipinski definition) is 0. The molecule has 22 heavy (non-hydrogen) atoms. The third kappa shape index (κ3) is 1.92. The molecule has 0 fully saturated rings. The van der Waals surface area contributed by atoms with Crippen LogP contribution in [0.5, 0.6) is 0 Å². The highest BCUT2D eigenvalue weighted by molar-refractivity contribution is 6.05. The topological polar surface area (TPSA) is 48.0 Å². The summed E-state index contributed by atoms with van der Waals surface area (Å²) in [5, 5.41) is 2.11. The quantitative estimate of drug-likeness (QED) is 0.555. The second-order valence-corrected chi connectivity index (χ2v) is 5.38. The fourth-order valence-corrected chi connectivity index (χ4v) is 2.77. The van der Waals surface area contributed by atoms with Gasteiger partial charge in [0.25, 0.3) is 0 Å². The molecule has 0 bridgehead atoms. The van der Waals surface area contributed by atoms with Crippen molar-refractivity contribution in [2.45, 2.75) is 12.8 Å². The van der Waals surface area contributed by atoms with Crippen LogP contribution in [-0.2, 0) is 0 Å². The van der Waals surface area contributed by atoms with Gasteiger partial charge in [-0.1, -0.05) is 24.3 Å². The Morgan fingerprint density at radius 2 is 1.95 bits per heavy atom. The average Bonchev–Trinajstić information content (AvgIpc) is 3.20. The zero-order chi connectivity index (χ0) is 15.1. The lowest BCUT2D eigenvalue weighted by molar-refractivity contribution is 0.0884. The molecular formula is C18H14N2O2. The minimum absolute atomic E-state index is 0.00431. The van der Waals surface area contributed by atoms with Crippen LogP contribution in [0.25, 0.3) is 21.9 Å². The van der Waals surface area contributed by atoms with Gasteiger partial charge in [0, 0.05) is 23.2 Å². The van der Waals surface area contributed by atoms with Crippen LogP contribution in [0, 0.1) is 0 Å². The summed E-state index contributed by atoms with van der Waals surface area (Å²) < 4.78 is 7.34. The summed E-state index contributed by atoms with van der Waals surface area (Å²) in [5.74, 6) is -0.239. The van der Waals surface area contributed by atoms with Crippen LogP contribution in [0.15, 0.2) is 65.6 Å².